The minimum absolute atomic E-state index is 0.0343. The minimum Gasteiger partial charge on any atom is -0.548 e. The third-order valence-electron chi connectivity index (χ3n) is 3.91. The van der Waals surface area contributed by atoms with E-state index >= 15 is 0 Å². The molecule has 0 saturated heterocycles. The van der Waals surface area contributed by atoms with Crippen molar-refractivity contribution >= 4 is 11.7 Å². The number of carbonyl (C=O) groups excluding carboxylic acids is 1. The summed E-state index contributed by atoms with van der Waals surface area (Å²) in [7, 11) is 0. The molecule has 2 aromatic carbocycles. The highest BCUT2D eigenvalue weighted by molar-refractivity contribution is 5.77. The normalized spacial score (nSPS) is 11.9. The number of carboxylic acid groups (broad SMARTS) is 1. The van der Waals surface area contributed by atoms with E-state index in [9.17, 15) is 9.90 Å². The first-order valence-corrected chi connectivity index (χ1v) is 8.60. The molecule has 0 spiro atoms. The zero-order chi connectivity index (χ0) is 19.3. The number of nitriles is 1. The second-order valence-electron chi connectivity index (χ2n) is 6.70. The van der Waals surface area contributed by atoms with E-state index in [0.29, 0.717) is 16.8 Å². The van der Waals surface area contributed by atoms with Crippen molar-refractivity contribution in [2.75, 3.05) is 5.32 Å². The summed E-state index contributed by atoms with van der Waals surface area (Å²) in [6.07, 6.45) is 0.0343. The van der Waals surface area contributed by atoms with Gasteiger partial charge in [0.1, 0.15) is 5.75 Å². The molecular formula is C21H23N2O3-. The molecular weight excluding hydrogens is 328 g/mol. The van der Waals surface area contributed by atoms with Crippen LogP contribution in [-0.2, 0) is 4.79 Å². The van der Waals surface area contributed by atoms with E-state index in [-0.39, 0.29) is 12.0 Å². The zero-order valence-electron chi connectivity index (χ0n) is 15.4. The summed E-state index contributed by atoms with van der Waals surface area (Å²) in [5, 5.41) is 23.5. The van der Waals surface area contributed by atoms with Gasteiger partial charge in [0.2, 0.25) is 0 Å². The maximum absolute atomic E-state index is 11.7. The highest BCUT2D eigenvalue weighted by atomic mass is 16.5. The molecule has 0 saturated carbocycles. The summed E-state index contributed by atoms with van der Waals surface area (Å²) in [4.78, 5) is 11.7. The van der Waals surface area contributed by atoms with Gasteiger partial charge in [-0.3, -0.25) is 0 Å². The fraction of sp³-hybridized carbons (Fsp3) is 0.333. The Morgan fingerprint density at radius 3 is 2.27 bits per heavy atom. The molecule has 1 atom stereocenters. The van der Waals surface area contributed by atoms with Crippen LogP contribution in [0.2, 0.25) is 0 Å². The fourth-order valence-electron chi connectivity index (χ4n) is 2.64. The molecule has 2 rings (SSSR count). The number of nitrogens with zero attached hydrogens (tertiary/aromatic N) is 1. The lowest BCUT2D eigenvalue weighted by Gasteiger charge is -2.24. The summed E-state index contributed by atoms with van der Waals surface area (Å²) in [6, 6.07) is 13.0. The van der Waals surface area contributed by atoms with E-state index in [0.717, 1.165) is 11.3 Å². The van der Waals surface area contributed by atoms with Gasteiger partial charge >= 0.3 is 0 Å². The second-order valence-corrected chi connectivity index (χ2v) is 6.70. The van der Waals surface area contributed by atoms with E-state index in [1.54, 1.807) is 36.4 Å². The van der Waals surface area contributed by atoms with Crippen LogP contribution in [0.3, 0.4) is 0 Å². The Hall–Kier alpha value is -3.00. The molecule has 136 valence electrons. The van der Waals surface area contributed by atoms with Crippen LogP contribution in [0, 0.1) is 11.3 Å². The van der Waals surface area contributed by atoms with Gasteiger partial charge in [0.25, 0.3) is 0 Å². The van der Waals surface area contributed by atoms with Gasteiger partial charge in [-0.15, -0.1) is 0 Å². The first kappa shape index (κ1) is 19.3. The number of hydrogen-bond donors (Lipinski definition) is 1. The maximum Gasteiger partial charge on any atom is 0.123 e. The SMILES string of the molecule is CC(C)Oc1ccc(C(Nc2ccc(C#N)cc2)C(=O)[O-])cc1C(C)C. The van der Waals surface area contributed by atoms with Crippen molar-refractivity contribution in [3.8, 4) is 11.8 Å². The molecule has 0 radical (unpaired) electrons. The summed E-state index contributed by atoms with van der Waals surface area (Å²) in [5.74, 6) is -0.281. The highest BCUT2D eigenvalue weighted by Gasteiger charge is 2.17. The number of hydrogen-bond acceptors (Lipinski definition) is 5. The summed E-state index contributed by atoms with van der Waals surface area (Å²) in [6.45, 7) is 7.98. The predicted octanol–water partition coefficient (Wildman–Crippen LogP) is 3.37. The molecule has 5 nitrogen and oxygen atoms in total. The van der Waals surface area contributed by atoms with Gasteiger partial charge in [-0.25, -0.2) is 0 Å². The molecule has 0 heterocycles. The van der Waals surface area contributed by atoms with Gasteiger partial charge in [0, 0.05) is 5.69 Å². The molecule has 0 aliphatic rings. The van der Waals surface area contributed by atoms with Gasteiger partial charge in [-0.05, 0) is 67.3 Å². The van der Waals surface area contributed by atoms with E-state index < -0.39 is 12.0 Å². The lowest BCUT2D eigenvalue weighted by Crippen LogP contribution is -2.34. The fourth-order valence-corrected chi connectivity index (χ4v) is 2.64. The number of carboxylic acids is 1. The molecule has 5 heteroatoms. The van der Waals surface area contributed by atoms with Crippen molar-refractivity contribution in [3.05, 3.63) is 59.2 Å². The number of benzene rings is 2. The van der Waals surface area contributed by atoms with E-state index in [1.807, 2.05) is 39.8 Å². The number of aliphatic carboxylic acids is 1. The topological polar surface area (TPSA) is 85.2 Å². The van der Waals surface area contributed by atoms with Crippen molar-refractivity contribution in [1.29, 1.82) is 5.26 Å². The third-order valence-corrected chi connectivity index (χ3v) is 3.91. The Labute approximate surface area is 154 Å². The average Bonchev–Trinajstić information content (AvgIpc) is 2.59. The summed E-state index contributed by atoms with van der Waals surface area (Å²) in [5.41, 5.74) is 2.66. The molecule has 1 unspecified atom stereocenters. The van der Waals surface area contributed by atoms with Crippen LogP contribution in [0.4, 0.5) is 5.69 Å². The highest BCUT2D eigenvalue weighted by Crippen LogP contribution is 2.31. The van der Waals surface area contributed by atoms with Crippen LogP contribution in [-0.4, -0.2) is 12.1 Å². The van der Waals surface area contributed by atoms with Crippen LogP contribution in [0.5, 0.6) is 5.75 Å². The smallest absolute Gasteiger partial charge is 0.123 e. The third kappa shape index (κ3) is 4.76. The van der Waals surface area contributed by atoms with E-state index in [4.69, 9.17) is 10.00 Å². The largest absolute Gasteiger partial charge is 0.548 e. The average molecular weight is 351 g/mol. The van der Waals surface area contributed by atoms with Crippen LogP contribution in [0.25, 0.3) is 0 Å². The molecule has 1 N–H and O–H groups in total. The van der Waals surface area contributed by atoms with Crippen LogP contribution >= 0.6 is 0 Å². The molecule has 0 fully saturated rings. The molecule has 2 aromatic rings. The van der Waals surface area contributed by atoms with Crippen molar-refractivity contribution in [1.82, 2.24) is 0 Å². The Balaban J connectivity index is 2.35. The van der Waals surface area contributed by atoms with Crippen molar-refractivity contribution < 1.29 is 14.6 Å². The molecule has 0 aliphatic heterocycles. The standard InChI is InChI=1S/C21H24N2O3/c1-13(2)18-11-16(7-10-19(18)26-14(3)4)20(21(24)25)23-17-8-5-15(12-22)6-9-17/h5-11,13-14,20,23H,1-4H3,(H,24,25)/p-1. The number of ether oxygens (including phenoxy) is 1. The Morgan fingerprint density at radius 2 is 1.77 bits per heavy atom. The van der Waals surface area contributed by atoms with Crippen LogP contribution in [0.15, 0.2) is 42.5 Å². The van der Waals surface area contributed by atoms with Crippen molar-refractivity contribution in [2.24, 2.45) is 0 Å². The zero-order valence-corrected chi connectivity index (χ0v) is 15.4. The Morgan fingerprint density at radius 1 is 1.12 bits per heavy atom. The van der Waals surface area contributed by atoms with Crippen molar-refractivity contribution in [3.63, 3.8) is 0 Å². The molecule has 0 amide bonds. The first-order chi connectivity index (χ1) is 12.3. The monoisotopic (exact) mass is 351 g/mol. The second kappa shape index (κ2) is 8.39. The van der Waals surface area contributed by atoms with Crippen molar-refractivity contribution in [2.45, 2.75) is 45.8 Å². The summed E-state index contributed by atoms with van der Waals surface area (Å²) >= 11 is 0. The molecule has 0 aromatic heterocycles. The minimum atomic E-state index is -1.22. The van der Waals surface area contributed by atoms with Crippen LogP contribution < -0.4 is 15.2 Å². The van der Waals surface area contributed by atoms with Gasteiger partial charge in [-0.1, -0.05) is 19.9 Å². The van der Waals surface area contributed by atoms with Gasteiger partial charge in [0.05, 0.1) is 29.7 Å². The Kier molecular flexibility index (Phi) is 6.24. The summed E-state index contributed by atoms with van der Waals surface area (Å²) < 4.78 is 5.83. The van der Waals surface area contributed by atoms with E-state index in [2.05, 4.69) is 5.32 Å². The quantitative estimate of drug-likeness (QED) is 0.826. The number of rotatable bonds is 7. The number of anilines is 1. The van der Waals surface area contributed by atoms with Gasteiger partial charge < -0.3 is 20.0 Å². The first-order valence-electron chi connectivity index (χ1n) is 8.60. The van der Waals surface area contributed by atoms with E-state index in [1.165, 1.54) is 0 Å². The molecule has 0 bridgehead atoms. The molecule has 0 aliphatic carbocycles. The lowest BCUT2D eigenvalue weighted by atomic mass is 9.96. The Bertz CT molecular complexity index is 805. The maximum atomic E-state index is 11.7. The number of carbonyl (C=O) groups is 1. The van der Waals surface area contributed by atoms with Gasteiger partial charge in [-0.2, -0.15) is 5.26 Å². The lowest BCUT2D eigenvalue weighted by molar-refractivity contribution is -0.307. The predicted molar refractivity (Wildman–Crippen MR) is 98.8 cm³/mol. The van der Waals surface area contributed by atoms with Gasteiger partial charge in [0.15, 0.2) is 0 Å². The number of nitrogens with one attached hydrogen (secondary N) is 1. The van der Waals surface area contributed by atoms with Crippen LogP contribution in [0.1, 0.15) is 56.3 Å². The molecule has 26 heavy (non-hydrogen) atoms.